The Morgan fingerprint density at radius 3 is 2.87 bits per heavy atom. The van der Waals surface area contributed by atoms with Crippen LogP contribution in [0.2, 0.25) is 0 Å². The predicted octanol–water partition coefficient (Wildman–Crippen LogP) is 4.84. The lowest BCUT2D eigenvalue weighted by Crippen LogP contribution is -2.46. The van der Waals surface area contributed by atoms with Crippen LogP contribution in [-0.2, 0) is 10.3 Å². The molecule has 1 unspecified atom stereocenters. The van der Waals surface area contributed by atoms with E-state index >= 15 is 0 Å². The van der Waals surface area contributed by atoms with Crippen molar-refractivity contribution in [2.75, 3.05) is 5.32 Å². The Labute approximate surface area is 173 Å². The van der Waals surface area contributed by atoms with E-state index in [4.69, 9.17) is 0 Å². The van der Waals surface area contributed by atoms with E-state index in [-0.39, 0.29) is 23.9 Å². The van der Waals surface area contributed by atoms with E-state index in [0.717, 1.165) is 11.3 Å². The van der Waals surface area contributed by atoms with Crippen molar-refractivity contribution in [1.82, 2.24) is 9.55 Å². The Morgan fingerprint density at radius 2 is 2.10 bits per heavy atom. The third-order valence-electron chi connectivity index (χ3n) is 4.97. The van der Waals surface area contributed by atoms with Gasteiger partial charge in [0.15, 0.2) is 10.9 Å². The molecule has 0 saturated carbocycles. The molecule has 4 rings (SSSR count). The van der Waals surface area contributed by atoms with Gasteiger partial charge in [-0.2, -0.15) is 0 Å². The lowest BCUT2D eigenvalue weighted by molar-refractivity contribution is -0.274. The van der Waals surface area contributed by atoms with Gasteiger partial charge in [-0.15, -0.1) is 13.2 Å². The second-order valence-electron chi connectivity index (χ2n) is 7.02. The highest BCUT2D eigenvalue weighted by Gasteiger charge is 2.41. The van der Waals surface area contributed by atoms with Gasteiger partial charge in [0.25, 0.3) is 5.91 Å². The molecule has 156 valence electrons. The maximum Gasteiger partial charge on any atom is 0.573 e. The lowest BCUT2D eigenvalue weighted by atomic mass is 9.88. The van der Waals surface area contributed by atoms with Crippen LogP contribution in [0.3, 0.4) is 0 Å². The molecule has 0 aliphatic carbocycles. The van der Waals surface area contributed by atoms with Crippen LogP contribution in [0.1, 0.15) is 30.3 Å². The third kappa shape index (κ3) is 3.82. The van der Waals surface area contributed by atoms with Crippen molar-refractivity contribution in [3.05, 3.63) is 54.5 Å². The monoisotopic (exact) mass is 435 g/mol. The molecule has 30 heavy (non-hydrogen) atoms. The molecule has 10 heteroatoms. The highest BCUT2D eigenvalue weighted by Crippen LogP contribution is 2.35. The number of alkyl halides is 3. The zero-order chi connectivity index (χ0) is 21.5. The van der Waals surface area contributed by atoms with Crippen molar-refractivity contribution in [2.24, 2.45) is 0 Å². The first-order valence-electron chi connectivity index (χ1n) is 9.00. The molecule has 6 nitrogen and oxygen atoms in total. The number of aromatic nitrogens is 2. The third-order valence-corrected chi connectivity index (χ3v) is 5.93. The number of thiazole rings is 1. The molecule has 1 atom stereocenters. The van der Waals surface area contributed by atoms with Gasteiger partial charge < -0.3 is 9.30 Å². The molecule has 3 heterocycles. The maximum absolute atomic E-state index is 13.0. The van der Waals surface area contributed by atoms with Crippen molar-refractivity contribution in [3.63, 3.8) is 0 Å². The van der Waals surface area contributed by atoms with Gasteiger partial charge in [0.2, 0.25) is 0 Å². The first-order valence-corrected chi connectivity index (χ1v) is 9.82. The zero-order valence-corrected chi connectivity index (χ0v) is 16.5. The summed E-state index contributed by atoms with van der Waals surface area (Å²) in [5.41, 5.74) is 0.0242. The minimum atomic E-state index is -4.78. The van der Waals surface area contributed by atoms with Crippen molar-refractivity contribution in [1.29, 1.82) is 0 Å². The summed E-state index contributed by atoms with van der Waals surface area (Å²) in [6.07, 6.45) is -0.983. The number of Topliss-reactive ketones (excluding diaryl/α,β-unsaturated/α-hetero) is 1. The summed E-state index contributed by atoms with van der Waals surface area (Å²) in [6.45, 7) is 1.75. The normalized spacial score (nSPS) is 18.7. The van der Waals surface area contributed by atoms with E-state index < -0.39 is 11.9 Å². The van der Waals surface area contributed by atoms with E-state index in [9.17, 15) is 22.8 Å². The van der Waals surface area contributed by atoms with Gasteiger partial charge in [-0.05, 0) is 43.2 Å². The Bertz CT molecular complexity index is 1120. The van der Waals surface area contributed by atoms with Crippen molar-refractivity contribution < 1.29 is 27.5 Å². The quantitative estimate of drug-likeness (QED) is 0.637. The van der Waals surface area contributed by atoms with Crippen LogP contribution < -0.4 is 10.1 Å². The van der Waals surface area contributed by atoms with Gasteiger partial charge in [0.1, 0.15) is 11.3 Å². The average molecular weight is 435 g/mol. The van der Waals surface area contributed by atoms with Crippen LogP contribution >= 0.6 is 11.3 Å². The summed E-state index contributed by atoms with van der Waals surface area (Å²) >= 11 is 1.13. The number of carbonyl (C=O) groups is 2. The predicted molar refractivity (Wildman–Crippen MR) is 105 cm³/mol. The Morgan fingerprint density at radius 1 is 1.30 bits per heavy atom. The highest BCUT2D eigenvalue weighted by molar-refractivity contribution is 7.19. The molecule has 1 aliphatic heterocycles. The van der Waals surface area contributed by atoms with Crippen LogP contribution in [-0.4, -0.2) is 27.6 Å². The maximum atomic E-state index is 13.0. The number of rotatable bonds is 4. The van der Waals surface area contributed by atoms with E-state index in [1.807, 2.05) is 0 Å². The number of nitrogens with one attached hydrogen (secondary N) is 1. The molecule has 1 aromatic carbocycles. The van der Waals surface area contributed by atoms with Crippen LogP contribution in [0, 0.1) is 0 Å². The number of ketones is 1. The van der Waals surface area contributed by atoms with Gasteiger partial charge in [0, 0.05) is 18.8 Å². The van der Waals surface area contributed by atoms with Gasteiger partial charge in [-0.25, -0.2) is 4.98 Å². The number of hydrogen-bond acceptors (Lipinski definition) is 5. The van der Waals surface area contributed by atoms with Crippen molar-refractivity contribution in [2.45, 2.75) is 31.7 Å². The number of ether oxygens (including phenoxy) is 1. The van der Waals surface area contributed by atoms with E-state index in [1.54, 1.807) is 35.9 Å². The molecule has 2 aromatic heterocycles. The largest absolute Gasteiger partial charge is 0.573 e. The van der Waals surface area contributed by atoms with Gasteiger partial charge in [-0.3, -0.25) is 14.9 Å². The molecule has 0 saturated heterocycles. The van der Waals surface area contributed by atoms with Gasteiger partial charge in [0.05, 0.1) is 10.6 Å². The van der Waals surface area contributed by atoms with Gasteiger partial charge in [-0.1, -0.05) is 23.5 Å². The second kappa shape index (κ2) is 7.28. The Balaban J connectivity index is 1.53. The smallest absolute Gasteiger partial charge is 0.406 e. The lowest BCUT2D eigenvalue weighted by Gasteiger charge is -2.34. The van der Waals surface area contributed by atoms with E-state index in [0.29, 0.717) is 27.7 Å². The zero-order valence-electron chi connectivity index (χ0n) is 15.7. The SMILES string of the molecule is CC1(C(=O)Nc2ncc(-c3cccc(OC(F)(F)F)c3)s2)CCC(=O)c2cccn21. The highest BCUT2D eigenvalue weighted by atomic mass is 32.1. The minimum absolute atomic E-state index is 0.0113. The topological polar surface area (TPSA) is 73.2 Å². The number of amides is 1. The van der Waals surface area contributed by atoms with Crippen molar-refractivity contribution in [3.8, 4) is 16.2 Å². The molecule has 1 N–H and O–H groups in total. The average Bonchev–Trinajstić information content (AvgIpc) is 3.34. The van der Waals surface area contributed by atoms with E-state index in [2.05, 4.69) is 15.0 Å². The first-order chi connectivity index (χ1) is 14.2. The molecular weight excluding hydrogens is 419 g/mol. The minimum Gasteiger partial charge on any atom is -0.406 e. The number of carbonyl (C=O) groups excluding carboxylic acids is 2. The first kappa shape index (κ1) is 20.1. The van der Waals surface area contributed by atoms with Crippen LogP contribution in [0.15, 0.2) is 48.8 Å². The van der Waals surface area contributed by atoms with Gasteiger partial charge >= 0.3 is 6.36 Å². The molecule has 0 fully saturated rings. The molecule has 0 radical (unpaired) electrons. The molecule has 0 bridgehead atoms. The van der Waals surface area contributed by atoms with E-state index in [1.165, 1.54) is 24.4 Å². The fourth-order valence-electron chi connectivity index (χ4n) is 3.41. The number of hydrogen-bond donors (Lipinski definition) is 1. The molecule has 0 spiro atoms. The molecular formula is C20H16F3N3O3S. The van der Waals surface area contributed by atoms with Crippen LogP contribution in [0.5, 0.6) is 5.75 Å². The standard InChI is InChI=1S/C20H16F3N3O3S/c1-19(8-7-15(27)14-6-3-9-26(14)19)17(28)25-18-24-11-16(30-18)12-4-2-5-13(10-12)29-20(21,22)23/h2-6,9-11H,7-8H2,1H3,(H,24,25,28). The number of benzene rings is 1. The summed E-state index contributed by atoms with van der Waals surface area (Å²) in [6, 6.07) is 8.95. The summed E-state index contributed by atoms with van der Waals surface area (Å²) in [4.78, 5) is 29.8. The van der Waals surface area contributed by atoms with Crippen LogP contribution in [0.25, 0.3) is 10.4 Å². The summed E-state index contributed by atoms with van der Waals surface area (Å²) < 4.78 is 42.9. The summed E-state index contributed by atoms with van der Waals surface area (Å²) in [5, 5.41) is 3.08. The number of nitrogens with zero attached hydrogens (tertiary/aromatic N) is 2. The fourth-order valence-corrected chi connectivity index (χ4v) is 4.22. The Hall–Kier alpha value is -3.14. The summed E-state index contributed by atoms with van der Waals surface area (Å²) in [7, 11) is 0. The van der Waals surface area contributed by atoms with Crippen molar-refractivity contribution >= 4 is 28.2 Å². The summed E-state index contributed by atoms with van der Waals surface area (Å²) in [5.74, 6) is -0.663. The van der Waals surface area contributed by atoms with Crippen LogP contribution in [0.4, 0.5) is 18.3 Å². The molecule has 3 aromatic rings. The molecule has 1 aliphatic rings. The molecule has 1 amide bonds. The number of fused-ring (bicyclic) bond motifs is 1. The second-order valence-corrected chi connectivity index (χ2v) is 8.05. The Kier molecular flexibility index (Phi) is 4.89. The fraction of sp³-hybridized carbons (Fsp3) is 0.250. The number of anilines is 1. The number of halogens is 3.